The summed E-state index contributed by atoms with van der Waals surface area (Å²) in [6.45, 7) is 6.94. The minimum Gasteiger partial charge on any atom is -0.479 e. The van der Waals surface area contributed by atoms with Crippen LogP contribution in [0.1, 0.15) is 32.3 Å². The van der Waals surface area contributed by atoms with Crippen molar-refractivity contribution in [3.63, 3.8) is 0 Å². The van der Waals surface area contributed by atoms with Gasteiger partial charge in [-0.15, -0.1) is 0 Å². The molecule has 2 atom stereocenters. The summed E-state index contributed by atoms with van der Waals surface area (Å²) in [6, 6.07) is 23.1. The minimum absolute atomic E-state index is 0.0102. The van der Waals surface area contributed by atoms with Crippen LogP contribution in [0.5, 0.6) is 5.75 Å². The topological polar surface area (TPSA) is 22.1 Å². The summed E-state index contributed by atoms with van der Waals surface area (Å²) in [4.78, 5) is 4.60. The van der Waals surface area contributed by atoms with E-state index in [0.717, 1.165) is 11.4 Å². The van der Waals surface area contributed by atoms with E-state index in [1.165, 1.54) is 16.4 Å². The maximum absolute atomic E-state index is 6.46. The highest BCUT2D eigenvalue weighted by molar-refractivity contribution is 7.68. The second-order valence-corrected chi connectivity index (χ2v) is 10.3. The molecule has 1 aromatic heterocycles. The standard InChI is InChI=1S/C22H22NOP/c1-22(2,3)25-20-17(16-10-5-4-6-11-16)12-9-14-19(20)24-21(25)18-13-7-8-15-23-18/h4-15,21H,1-3H3/t21-,25-/m1/s1. The third-order valence-corrected chi connectivity index (χ3v) is 7.69. The van der Waals surface area contributed by atoms with E-state index in [9.17, 15) is 0 Å². The van der Waals surface area contributed by atoms with Gasteiger partial charge in [0.05, 0.1) is 5.69 Å². The number of benzene rings is 2. The number of nitrogens with zero attached hydrogens (tertiary/aromatic N) is 1. The molecule has 1 aliphatic heterocycles. The Balaban J connectivity index is 1.90. The first kappa shape index (κ1) is 16.3. The molecule has 0 spiro atoms. The molecule has 0 saturated heterocycles. The van der Waals surface area contributed by atoms with E-state index in [1.54, 1.807) is 0 Å². The molecule has 25 heavy (non-hydrogen) atoms. The number of rotatable bonds is 2. The average molecular weight is 347 g/mol. The Hall–Kier alpha value is -2.18. The molecule has 2 nitrogen and oxygen atoms in total. The predicted octanol–water partition coefficient (Wildman–Crippen LogP) is 5.75. The highest BCUT2D eigenvalue weighted by Crippen LogP contribution is 2.65. The Morgan fingerprint density at radius 3 is 2.32 bits per heavy atom. The van der Waals surface area contributed by atoms with Crippen molar-refractivity contribution in [2.24, 2.45) is 0 Å². The second-order valence-electron chi connectivity index (χ2n) is 7.28. The Bertz CT molecular complexity index is 872. The van der Waals surface area contributed by atoms with Gasteiger partial charge in [0.25, 0.3) is 0 Å². The molecule has 0 N–H and O–H groups in total. The molecule has 0 saturated carbocycles. The van der Waals surface area contributed by atoms with Crippen molar-refractivity contribution >= 4 is 13.2 Å². The minimum atomic E-state index is -0.571. The van der Waals surface area contributed by atoms with E-state index in [2.05, 4.69) is 80.4 Å². The lowest BCUT2D eigenvalue weighted by atomic mass is 10.1. The van der Waals surface area contributed by atoms with E-state index >= 15 is 0 Å². The van der Waals surface area contributed by atoms with Crippen LogP contribution >= 0.6 is 7.92 Å². The fraction of sp³-hybridized carbons (Fsp3) is 0.227. The van der Waals surface area contributed by atoms with Crippen LogP contribution < -0.4 is 10.0 Å². The molecule has 0 bridgehead atoms. The lowest BCUT2D eigenvalue weighted by Gasteiger charge is -2.32. The van der Waals surface area contributed by atoms with Crippen LogP contribution in [0.25, 0.3) is 11.1 Å². The maximum Gasteiger partial charge on any atom is 0.163 e. The van der Waals surface area contributed by atoms with Crippen LogP contribution in [0, 0.1) is 0 Å². The second kappa shape index (κ2) is 6.28. The van der Waals surface area contributed by atoms with Crippen LogP contribution in [-0.4, -0.2) is 10.1 Å². The van der Waals surface area contributed by atoms with Gasteiger partial charge in [-0.05, 0) is 42.4 Å². The average Bonchev–Trinajstić information content (AvgIpc) is 3.03. The number of fused-ring (bicyclic) bond motifs is 1. The molecule has 2 aromatic carbocycles. The molecule has 126 valence electrons. The summed E-state index contributed by atoms with van der Waals surface area (Å²) in [5.74, 6) is 1.02. The van der Waals surface area contributed by atoms with Crippen LogP contribution in [0.4, 0.5) is 0 Å². The van der Waals surface area contributed by atoms with Gasteiger partial charge in [0.2, 0.25) is 0 Å². The Morgan fingerprint density at radius 2 is 1.64 bits per heavy atom. The molecule has 0 unspecified atom stereocenters. The summed E-state index contributed by atoms with van der Waals surface area (Å²) in [5.41, 5.74) is 3.57. The summed E-state index contributed by atoms with van der Waals surface area (Å²) < 4.78 is 6.46. The number of aromatic nitrogens is 1. The van der Waals surface area contributed by atoms with Crippen molar-refractivity contribution < 1.29 is 4.74 Å². The summed E-state index contributed by atoms with van der Waals surface area (Å²) in [7, 11) is -0.571. The van der Waals surface area contributed by atoms with Crippen molar-refractivity contribution in [2.45, 2.75) is 31.8 Å². The zero-order valence-electron chi connectivity index (χ0n) is 14.8. The summed E-state index contributed by atoms with van der Waals surface area (Å²) in [6.07, 6.45) is 1.86. The van der Waals surface area contributed by atoms with E-state index in [0.29, 0.717) is 0 Å². The van der Waals surface area contributed by atoms with Crippen molar-refractivity contribution in [1.29, 1.82) is 0 Å². The van der Waals surface area contributed by atoms with Crippen molar-refractivity contribution in [2.75, 3.05) is 0 Å². The lowest BCUT2D eigenvalue weighted by Crippen LogP contribution is -2.21. The van der Waals surface area contributed by atoms with Crippen molar-refractivity contribution in [3.05, 3.63) is 78.6 Å². The fourth-order valence-electron chi connectivity index (χ4n) is 3.41. The van der Waals surface area contributed by atoms with Crippen LogP contribution in [0.15, 0.2) is 72.9 Å². The lowest BCUT2D eigenvalue weighted by molar-refractivity contribution is 0.295. The largest absolute Gasteiger partial charge is 0.479 e. The molecular formula is C22H22NOP. The van der Waals surface area contributed by atoms with Gasteiger partial charge in [-0.2, -0.15) is 0 Å². The van der Waals surface area contributed by atoms with Crippen LogP contribution in [0.3, 0.4) is 0 Å². The monoisotopic (exact) mass is 347 g/mol. The molecule has 0 fully saturated rings. The SMILES string of the molecule is CC(C)(C)[P@]1c2c(cccc2-c2ccccc2)O[C@H]1c1ccccn1. The van der Waals surface area contributed by atoms with Crippen LogP contribution in [0.2, 0.25) is 0 Å². The van der Waals surface area contributed by atoms with E-state index in [1.807, 2.05) is 18.3 Å². The van der Waals surface area contributed by atoms with Gasteiger partial charge >= 0.3 is 0 Å². The van der Waals surface area contributed by atoms with Gasteiger partial charge in [0.15, 0.2) is 5.85 Å². The van der Waals surface area contributed by atoms with E-state index in [-0.39, 0.29) is 11.0 Å². The molecule has 2 heterocycles. The van der Waals surface area contributed by atoms with Crippen LogP contribution in [-0.2, 0) is 0 Å². The summed E-state index contributed by atoms with van der Waals surface area (Å²) in [5, 5.41) is 1.49. The zero-order valence-corrected chi connectivity index (χ0v) is 15.7. The maximum atomic E-state index is 6.46. The number of hydrogen-bond donors (Lipinski definition) is 0. The molecule has 0 radical (unpaired) electrons. The van der Waals surface area contributed by atoms with Gasteiger partial charge in [-0.3, -0.25) is 4.98 Å². The Kier molecular flexibility index (Phi) is 4.09. The molecule has 1 aliphatic rings. The predicted molar refractivity (Wildman–Crippen MR) is 106 cm³/mol. The highest BCUT2D eigenvalue weighted by atomic mass is 31.1. The molecule has 0 aliphatic carbocycles. The number of hydrogen-bond acceptors (Lipinski definition) is 2. The molecule has 3 aromatic rings. The van der Waals surface area contributed by atoms with Gasteiger partial charge in [-0.25, -0.2) is 0 Å². The van der Waals surface area contributed by atoms with Crippen molar-refractivity contribution in [1.82, 2.24) is 4.98 Å². The quantitative estimate of drug-likeness (QED) is 0.551. The summed E-state index contributed by atoms with van der Waals surface area (Å²) >= 11 is 0. The smallest absolute Gasteiger partial charge is 0.163 e. The number of pyridine rings is 1. The zero-order chi connectivity index (χ0) is 17.4. The highest BCUT2D eigenvalue weighted by Gasteiger charge is 2.44. The van der Waals surface area contributed by atoms with Crippen molar-refractivity contribution in [3.8, 4) is 16.9 Å². The van der Waals surface area contributed by atoms with E-state index in [4.69, 9.17) is 4.74 Å². The third-order valence-electron chi connectivity index (χ3n) is 4.46. The fourth-order valence-corrected chi connectivity index (χ4v) is 6.48. The van der Waals surface area contributed by atoms with Gasteiger partial charge in [0, 0.05) is 11.5 Å². The molecular weight excluding hydrogens is 325 g/mol. The van der Waals surface area contributed by atoms with Gasteiger partial charge in [0.1, 0.15) is 5.75 Å². The van der Waals surface area contributed by atoms with Gasteiger partial charge in [-0.1, -0.05) is 69.3 Å². The van der Waals surface area contributed by atoms with Gasteiger partial charge < -0.3 is 4.74 Å². The normalized spacial score (nSPS) is 19.3. The number of ether oxygens (including phenoxy) is 1. The first-order valence-electron chi connectivity index (χ1n) is 8.61. The molecule has 0 amide bonds. The molecule has 4 rings (SSSR count). The first-order valence-corrected chi connectivity index (χ1v) is 10.0. The van der Waals surface area contributed by atoms with E-state index < -0.39 is 7.92 Å². The Morgan fingerprint density at radius 1 is 0.880 bits per heavy atom. The molecule has 3 heteroatoms. The first-order chi connectivity index (χ1) is 12.1. The Labute approximate surface area is 150 Å². The third kappa shape index (κ3) is 2.96.